The minimum atomic E-state index is -1.98. The molecule has 0 heterocycles. The normalized spacial score (nSPS) is 29.8. The van der Waals surface area contributed by atoms with Crippen LogP contribution in [-0.4, -0.2) is 43.3 Å². The Labute approximate surface area is 315 Å². The molecule has 0 bridgehead atoms. The molecule has 0 saturated heterocycles. The van der Waals surface area contributed by atoms with E-state index in [1.165, 1.54) is 37.7 Å². The molecule has 0 amide bonds. The van der Waals surface area contributed by atoms with Crippen molar-refractivity contribution in [3.05, 3.63) is 47.6 Å². The van der Waals surface area contributed by atoms with Crippen molar-refractivity contribution >= 4 is 25.0 Å². The fourth-order valence-corrected chi connectivity index (χ4v) is 12.2. The molecule has 3 aliphatic rings. The third kappa shape index (κ3) is 10.2. The highest BCUT2D eigenvalue weighted by Gasteiger charge is 2.50. The van der Waals surface area contributed by atoms with Gasteiger partial charge < -0.3 is 13.3 Å². The van der Waals surface area contributed by atoms with Gasteiger partial charge in [0.2, 0.25) is 0 Å². The molecular formula is C44H82O3Si3. The van der Waals surface area contributed by atoms with Crippen LogP contribution in [0.4, 0.5) is 0 Å². The molecule has 0 aromatic rings. The lowest BCUT2D eigenvalue weighted by molar-refractivity contribution is 0.112. The summed E-state index contributed by atoms with van der Waals surface area (Å²) in [6.45, 7) is 47.3. The lowest BCUT2D eigenvalue weighted by Crippen LogP contribution is -2.49. The first kappa shape index (κ1) is 43.9. The summed E-state index contributed by atoms with van der Waals surface area (Å²) in [7, 11) is -5.71. The quantitative estimate of drug-likeness (QED) is 0.156. The fourth-order valence-electron chi connectivity index (χ4n) is 8.18. The van der Waals surface area contributed by atoms with E-state index in [9.17, 15) is 0 Å². The molecule has 3 aliphatic carbocycles. The van der Waals surface area contributed by atoms with Gasteiger partial charge in [-0.2, -0.15) is 0 Å². The Bertz CT molecular complexity index is 1230. The molecule has 3 saturated carbocycles. The lowest BCUT2D eigenvalue weighted by Gasteiger charge is -2.46. The molecule has 0 unspecified atom stereocenters. The second kappa shape index (κ2) is 15.7. The highest BCUT2D eigenvalue weighted by Crippen LogP contribution is 2.59. The van der Waals surface area contributed by atoms with Gasteiger partial charge in [-0.1, -0.05) is 118 Å². The van der Waals surface area contributed by atoms with Crippen molar-refractivity contribution in [3.8, 4) is 0 Å². The monoisotopic (exact) mass is 743 g/mol. The van der Waals surface area contributed by atoms with Gasteiger partial charge in [-0.15, -0.1) is 0 Å². The number of rotatable bonds is 11. The zero-order valence-corrected chi connectivity index (χ0v) is 39.4. The first-order valence-corrected chi connectivity index (χ1v) is 29.0. The van der Waals surface area contributed by atoms with Crippen LogP contribution in [0.2, 0.25) is 54.4 Å². The topological polar surface area (TPSA) is 27.7 Å². The average Bonchev–Trinajstić information content (AvgIpc) is 3.29. The van der Waals surface area contributed by atoms with E-state index < -0.39 is 25.0 Å². The predicted molar refractivity (Wildman–Crippen MR) is 228 cm³/mol. The smallest absolute Gasteiger partial charge is 0.192 e. The summed E-state index contributed by atoms with van der Waals surface area (Å²) in [6.07, 6.45) is 19.8. The number of hydrogen-bond donors (Lipinski definition) is 0. The first-order valence-electron chi connectivity index (χ1n) is 20.3. The predicted octanol–water partition coefficient (Wildman–Crippen LogP) is 14.2. The zero-order valence-electron chi connectivity index (χ0n) is 36.4. The van der Waals surface area contributed by atoms with Crippen molar-refractivity contribution in [1.82, 2.24) is 0 Å². The molecule has 0 aliphatic heterocycles. The molecule has 0 aromatic carbocycles. The van der Waals surface area contributed by atoms with Crippen LogP contribution < -0.4 is 0 Å². The second-order valence-corrected chi connectivity index (χ2v) is 35.9. The minimum Gasteiger partial charge on any atom is -0.414 e. The van der Waals surface area contributed by atoms with Crippen molar-refractivity contribution in [3.63, 3.8) is 0 Å². The van der Waals surface area contributed by atoms with Crippen LogP contribution in [0.25, 0.3) is 0 Å². The van der Waals surface area contributed by atoms with Crippen LogP contribution in [0.1, 0.15) is 134 Å². The Morgan fingerprint density at radius 3 is 1.76 bits per heavy atom. The lowest BCUT2D eigenvalue weighted by atomic mass is 9.61. The third-order valence-corrected chi connectivity index (χ3v) is 28.2. The summed E-state index contributed by atoms with van der Waals surface area (Å²) in [5.74, 6) is 2.01. The van der Waals surface area contributed by atoms with Crippen molar-refractivity contribution in [2.75, 3.05) is 0 Å². The van der Waals surface area contributed by atoms with Gasteiger partial charge in [0, 0.05) is 6.10 Å². The van der Waals surface area contributed by atoms with Gasteiger partial charge in [0.25, 0.3) is 0 Å². The molecule has 0 radical (unpaired) electrons. The molecule has 3 fully saturated rings. The van der Waals surface area contributed by atoms with Crippen molar-refractivity contribution in [1.29, 1.82) is 0 Å². The summed E-state index contributed by atoms with van der Waals surface area (Å²) in [6, 6.07) is 0. The minimum absolute atomic E-state index is 0.0270. The second-order valence-electron chi connectivity index (χ2n) is 21.6. The molecule has 0 aromatic heterocycles. The molecule has 50 heavy (non-hydrogen) atoms. The molecule has 0 spiro atoms. The molecular weight excluding hydrogens is 661 g/mol. The van der Waals surface area contributed by atoms with E-state index in [-0.39, 0.29) is 33.4 Å². The van der Waals surface area contributed by atoms with E-state index in [2.05, 4.69) is 153 Å². The van der Waals surface area contributed by atoms with Gasteiger partial charge in [-0.05, 0) is 141 Å². The number of allylic oxidation sites excluding steroid dienone is 4. The highest BCUT2D eigenvalue weighted by atomic mass is 28.4. The van der Waals surface area contributed by atoms with Crippen LogP contribution in [-0.2, 0) is 13.3 Å². The van der Waals surface area contributed by atoms with Gasteiger partial charge in [-0.3, -0.25) is 0 Å². The van der Waals surface area contributed by atoms with Crippen molar-refractivity contribution < 1.29 is 13.3 Å². The summed E-state index contributed by atoms with van der Waals surface area (Å²) >= 11 is 0. The van der Waals surface area contributed by atoms with Gasteiger partial charge in [-0.25, -0.2) is 0 Å². The van der Waals surface area contributed by atoms with E-state index in [0.29, 0.717) is 17.3 Å². The van der Waals surface area contributed by atoms with Gasteiger partial charge >= 0.3 is 0 Å². The summed E-state index contributed by atoms with van der Waals surface area (Å²) in [5, 5.41) is 0.557. The Hall–Kier alpha value is -0.509. The Kier molecular flexibility index (Phi) is 13.8. The highest BCUT2D eigenvalue weighted by molar-refractivity contribution is 6.75. The SMILES string of the molecule is C=C1[C@H](O[Si](C)(C)C(C)(C)C)CC(=CC=C2CCC[C@]3(C)[C@@H]([C@@H](C)C=CC[C@@H](C)O[Si](C)(C)C(C)(C)C)CC[C@@H]23)C[C@H]1O[Si](C)(C)C(C)(C)C. The zero-order chi connectivity index (χ0) is 38.3. The standard InChI is InChI=1S/C44H82O3Si3/c1-32(22-20-23-33(2)45-48(14,15)41(4,5)6)37-27-28-38-36(24-21-29-44(37,38)13)26-25-35-30-39(46-49(16,17)42(7,8)9)34(3)40(31-35)47-50(18,19)43(10,11)12/h20,22,25-26,32-33,37-40H,3,21,23-24,27-31H2,1-2,4-19H3/t32-,33+,37+,38-,39+,40+,44+/m0/s1. The summed E-state index contributed by atoms with van der Waals surface area (Å²) < 4.78 is 20.9. The Morgan fingerprint density at radius 1 is 0.780 bits per heavy atom. The third-order valence-electron chi connectivity index (χ3n) is 14.6. The summed E-state index contributed by atoms with van der Waals surface area (Å²) in [4.78, 5) is 0. The van der Waals surface area contributed by atoms with Crippen LogP contribution in [0.3, 0.4) is 0 Å². The maximum absolute atomic E-state index is 7.12. The van der Waals surface area contributed by atoms with E-state index in [4.69, 9.17) is 13.3 Å². The first-order chi connectivity index (χ1) is 22.5. The van der Waals surface area contributed by atoms with E-state index >= 15 is 0 Å². The molecule has 288 valence electrons. The Balaban J connectivity index is 1.81. The van der Waals surface area contributed by atoms with Crippen LogP contribution >= 0.6 is 0 Å². The van der Waals surface area contributed by atoms with Crippen LogP contribution in [0.15, 0.2) is 47.6 Å². The Morgan fingerprint density at radius 2 is 1.28 bits per heavy atom. The molecule has 0 N–H and O–H groups in total. The number of fused-ring (bicyclic) bond motifs is 1. The largest absolute Gasteiger partial charge is 0.414 e. The molecule has 3 rings (SSSR count). The van der Waals surface area contributed by atoms with E-state index in [1.54, 1.807) is 5.57 Å². The van der Waals surface area contributed by atoms with Crippen molar-refractivity contribution in [2.24, 2.45) is 23.2 Å². The van der Waals surface area contributed by atoms with E-state index in [0.717, 1.165) is 30.8 Å². The maximum atomic E-state index is 7.12. The van der Waals surface area contributed by atoms with E-state index in [1.807, 2.05) is 0 Å². The fraction of sp³-hybridized carbons (Fsp3) is 0.818. The van der Waals surface area contributed by atoms with Gasteiger partial charge in [0.1, 0.15) is 0 Å². The number of hydrogen-bond acceptors (Lipinski definition) is 3. The maximum Gasteiger partial charge on any atom is 0.192 e. The van der Waals surface area contributed by atoms with Gasteiger partial charge in [0.15, 0.2) is 25.0 Å². The summed E-state index contributed by atoms with van der Waals surface area (Å²) in [5.41, 5.74) is 4.70. The van der Waals surface area contributed by atoms with Crippen LogP contribution in [0.5, 0.6) is 0 Å². The van der Waals surface area contributed by atoms with Crippen molar-refractivity contribution in [2.45, 2.75) is 207 Å². The molecule has 7 atom stereocenters. The average molecular weight is 743 g/mol. The molecule has 3 nitrogen and oxygen atoms in total. The van der Waals surface area contributed by atoms with Gasteiger partial charge in [0.05, 0.1) is 12.2 Å². The molecule has 6 heteroatoms. The van der Waals surface area contributed by atoms with Crippen LogP contribution in [0, 0.1) is 23.2 Å².